The van der Waals surface area contributed by atoms with Gasteiger partial charge in [-0.2, -0.15) is 0 Å². The van der Waals surface area contributed by atoms with Gasteiger partial charge in [-0.1, -0.05) is 56.5 Å². The second-order valence-electron chi connectivity index (χ2n) is 6.18. The van der Waals surface area contributed by atoms with Crippen molar-refractivity contribution >= 4 is 5.91 Å². The first kappa shape index (κ1) is 16.0. The van der Waals surface area contributed by atoms with Crippen LogP contribution >= 0.6 is 0 Å². The third kappa shape index (κ3) is 3.46. The normalized spacial score (nSPS) is 23.6. The molecule has 0 radical (unpaired) electrons. The highest BCUT2D eigenvalue weighted by Crippen LogP contribution is 2.30. The van der Waals surface area contributed by atoms with Gasteiger partial charge < -0.3 is 4.90 Å². The van der Waals surface area contributed by atoms with Gasteiger partial charge >= 0.3 is 0 Å². The van der Waals surface area contributed by atoms with Crippen LogP contribution in [0, 0.1) is 6.92 Å². The molecule has 1 N–H and O–H groups in total. The summed E-state index contributed by atoms with van der Waals surface area (Å²) in [6.45, 7) is 8.56. The molecule has 0 spiro atoms. The van der Waals surface area contributed by atoms with Crippen molar-refractivity contribution in [2.75, 3.05) is 0 Å². The summed E-state index contributed by atoms with van der Waals surface area (Å²) < 4.78 is 0. The van der Waals surface area contributed by atoms with E-state index in [0.717, 1.165) is 25.7 Å². The van der Waals surface area contributed by atoms with Crippen LogP contribution in [0.3, 0.4) is 0 Å². The molecule has 116 valence electrons. The van der Waals surface area contributed by atoms with Crippen LogP contribution in [0.1, 0.15) is 63.7 Å². The summed E-state index contributed by atoms with van der Waals surface area (Å²) in [5.74, 6) is 0.268. The maximum absolute atomic E-state index is 12.7. The highest BCUT2D eigenvalue weighted by atomic mass is 16.2. The second kappa shape index (κ2) is 7.08. The van der Waals surface area contributed by atoms with Gasteiger partial charge in [-0.25, -0.2) is 0 Å². The van der Waals surface area contributed by atoms with Crippen LogP contribution in [-0.2, 0) is 4.79 Å². The SMILES string of the molecule is CCCCC1NC(c2cccc(C)c2)N(C(C)CC)C1=O. The van der Waals surface area contributed by atoms with Gasteiger partial charge in [0.05, 0.1) is 6.04 Å². The topological polar surface area (TPSA) is 32.3 Å². The highest BCUT2D eigenvalue weighted by Gasteiger charge is 2.40. The van der Waals surface area contributed by atoms with E-state index >= 15 is 0 Å². The quantitative estimate of drug-likeness (QED) is 0.864. The second-order valence-corrected chi connectivity index (χ2v) is 6.18. The number of nitrogens with one attached hydrogen (secondary N) is 1. The van der Waals surface area contributed by atoms with Crippen LogP contribution in [-0.4, -0.2) is 22.9 Å². The maximum atomic E-state index is 12.7. The number of hydrogen-bond donors (Lipinski definition) is 1. The van der Waals surface area contributed by atoms with Crippen molar-refractivity contribution < 1.29 is 4.79 Å². The average molecular weight is 288 g/mol. The van der Waals surface area contributed by atoms with Crippen LogP contribution in [0.4, 0.5) is 0 Å². The molecule has 1 saturated heterocycles. The van der Waals surface area contributed by atoms with Crippen molar-refractivity contribution in [1.82, 2.24) is 10.2 Å². The molecule has 1 fully saturated rings. The van der Waals surface area contributed by atoms with Crippen LogP contribution in [0.15, 0.2) is 24.3 Å². The van der Waals surface area contributed by atoms with Crippen LogP contribution in [0.25, 0.3) is 0 Å². The summed E-state index contributed by atoms with van der Waals surface area (Å²) in [5, 5.41) is 3.56. The molecule has 21 heavy (non-hydrogen) atoms. The molecule has 1 aromatic rings. The van der Waals surface area contributed by atoms with Gasteiger partial charge in [0, 0.05) is 6.04 Å². The molecule has 3 unspecified atom stereocenters. The van der Waals surface area contributed by atoms with E-state index in [1.165, 1.54) is 11.1 Å². The molecule has 1 aliphatic rings. The van der Waals surface area contributed by atoms with Gasteiger partial charge in [0.2, 0.25) is 5.91 Å². The first-order valence-corrected chi connectivity index (χ1v) is 8.23. The summed E-state index contributed by atoms with van der Waals surface area (Å²) in [7, 11) is 0. The van der Waals surface area contributed by atoms with Crippen molar-refractivity contribution in [2.24, 2.45) is 0 Å². The van der Waals surface area contributed by atoms with Gasteiger partial charge in [-0.3, -0.25) is 10.1 Å². The molecule has 2 rings (SSSR count). The van der Waals surface area contributed by atoms with Crippen molar-refractivity contribution in [2.45, 2.75) is 71.6 Å². The monoisotopic (exact) mass is 288 g/mol. The number of aryl methyl sites for hydroxylation is 1. The summed E-state index contributed by atoms with van der Waals surface area (Å²) in [5.41, 5.74) is 2.44. The van der Waals surface area contributed by atoms with E-state index in [1.807, 2.05) is 0 Å². The van der Waals surface area contributed by atoms with E-state index < -0.39 is 0 Å². The summed E-state index contributed by atoms with van der Waals surface area (Å²) in [4.78, 5) is 14.8. The Bertz CT molecular complexity index is 486. The van der Waals surface area contributed by atoms with Gasteiger partial charge in [-0.15, -0.1) is 0 Å². The number of carbonyl (C=O) groups is 1. The lowest BCUT2D eigenvalue weighted by Crippen LogP contribution is -2.38. The Kier molecular flexibility index (Phi) is 5.40. The molecule has 0 aromatic heterocycles. The minimum atomic E-state index is -0.0236. The molecule has 1 heterocycles. The number of hydrogen-bond acceptors (Lipinski definition) is 2. The Balaban J connectivity index is 2.26. The van der Waals surface area contributed by atoms with Crippen molar-refractivity contribution in [3.05, 3.63) is 35.4 Å². The van der Waals surface area contributed by atoms with E-state index in [1.54, 1.807) is 0 Å². The Morgan fingerprint density at radius 1 is 1.33 bits per heavy atom. The fourth-order valence-electron chi connectivity index (χ4n) is 3.03. The van der Waals surface area contributed by atoms with Gasteiger partial charge in [0.15, 0.2) is 0 Å². The lowest BCUT2D eigenvalue weighted by molar-refractivity contribution is -0.132. The summed E-state index contributed by atoms with van der Waals surface area (Å²) in [6.07, 6.45) is 4.16. The minimum absolute atomic E-state index is 0.0224. The Morgan fingerprint density at radius 2 is 2.10 bits per heavy atom. The van der Waals surface area contributed by atoms with E-state index in [0.29, 0.717) is 0 Å². The van der Waals surface area contributed by atoms with E-state index in [9.17, 15) is 4.79 Å². The number of amides is 1. The molecule has 3 heteroatoms. The van der Waals surface area contributed by atoms with E-state index in [4.69, 9.17) is 0 Å². The first-order valence-electron chi connectivity index (χ1n) is 8.23. The third-order valence-corrected chi connectivity index (χ3v) is 4.46. The van der Waals surface area contributed by atoms with E-state index in [-0.39, 0.29) is 24.2 Å². The predicted octanol–water partition coefficient (Wildman–Crippen LogP) is 3.78. The largest absolute Gasteiger partial charge is 0.319 e. The summed E-state index contributed by atoms with van der Waals surface area (Å²) in [6, 6.07) is 8.72. The molecule has 0 saturated carbocycles. The smallest absolute Gasteiger partial charge is 0.241 e. The standard InChI is InChI=1S/C18H28N2O/c1-5-7-11-16-18(21)20(14(4)6-2)17(19-16)15-10-8-9-13(3)12-15/h8-10,12,14,16-17,19H,5-7,11H2,1-4H3. The van der Waals surface area contributed by atoms with Gasteiger partial charge in [0.1, 0.15) is 6.17 Å². The molecular formula is C18H28N2O. The Labute approximate surface area is 128 Å². The molecule has 1 aromatic carbocycles. The zero-order valence-corrected chi connectivity index (χ0v) is 13.7. The van der Waals surface area contributed by atoms with E-state index in [2.05, 4.69) is 62.2 Å². The fraction of sp³-hybridized carbons (Fsp3) is 0.611. The molecule has 1 amide bonds. The third-order valence-electron chi connectivity index (χ3n) is 4.46. The number of benzene rings is 1. The zero-order chi connectivity index (χ0) is 15.4. The number of nitrogens with zero attached hydrogens (tertiary/aromatic N) is 1. The molecular weight excluding hydrogens is 260 g/mol. The van der Waals surface area contributed by atoms with Crippen LogP contribution in [0.5, 0.6) is 0 Å². The highest BCUT2D eigenvalue weighted by molar-refractivity contribution is 5.84. The van der Waals surface area contributed by atoms with Crippen molar-refractivity contribution in [3.8, 4) is 0 Å². The molecule has 1 aliphatic heterocycles. The Morgan fingerprint density at radius 3 is 2.71 bits per heavy atom. The lowest BCUT2D eigenvalue weighted by atomic mass is 10.1. The van der Waals surface area contributed by atoms with Crippen molar-refractivity contribution in [1.29, 1.82) is 0 Å². The zero-order valence-electron chi connectivity index (χ0n) is 13.7. The molecule has 3 nitrogen and oxygen atoms in total. The van der Waals surface area contributed by atoms with Crippen molar-refractivity contribution in [3.63, 3.8) is 0 Å². The average Bonchev–Trinajstić information content (AvgIpc) is 2.81. The Hall–Kier alpha value is -1.35. The number of unbranched alkanes of at least 4 members (excludes halogenated alkanes) is 1. The fourth-order valence-corrected chi connectivity index (χ4v) is 3.03. The summed E-state index contributed by atoms with van der Waals surface area (Å²) >= 11 is 0. The molecule has 0 aliphatic carbocycles. The predicted molar refractivity (Wildman–Crippen MR) is 87.0 cm³/mol. The van der Waals surface area contributed by atoms with Crippen LogP contribution in [0.2, 0.25) is 0 Å². The maximum Gasteiger partial charge on any atom is 0.241 e. The number of rotatable bonds is 6. The first-order chi connectivity index (χ1) is 10.1. The molecule has 3 atom stereocenters. The van der Waals surface area contributed by atoms with Gasteiger partial charge in [0.25, 0.3) is 0 Å². The lowest BCUT2D eigenvalue weighted by Gasteiger charge is -2.30. The van der Waals surface area contributed by atoms with Crippen LogP contribution < -0.4 is 5.32 Å². The number of carbonyl (C=O) groups excluding carboxylic acids is 1. The molecule has 0 bridgehead atoms. The van der Waals surface area contributed by atoms with Gasteiger partial charge in [-0.05, 0) is 32.3 Å². The minimum Gasteiger partial charge on any atom is -0.319 e.